The van der Waals surface area contributed by atoms with Gasteiger partial charge in [0.1, 0.15) is 5.65 Å². The van der Waals surface area contributed by atoms with Crippen LogP contribution in [0.15, 0.2) is 47.8 Å². The van der Waals surface area contributed by atoms with Gasteiger partial charge in [-0.15, -0.1) is 0 Å². The topological polar surface area (TPSA) is 101 Å². The maximum absolute atomic E-state index is 12.5. The number of aliphatic hydroxyl groups excluding tert-OH is 1. The van der Waals surface area contributed by atoms with Crippen molar-refractivity contribution in [3.63, 3.8) is 0 Å². The number of aromatic nitrogens is 6. The van der Waals surface area contributed by atoms with Crippen molar-refractivity contribution in [2.24, 2.45) is 0 Å². The van der Waals surface area contributed by atoms with Crippen molar-refractivity contribution in [3.8, 4) is 16.9 Å². The van der Waals surface area contributed by atoms with Crippen molar-refractivity contribution in [2.45, 2.75) is 20.0 Å². The third-order valence-electron chi connectivity index (χ3n) is 4.14. The number of hydrogen-bond donors (Lipinski definition) is 2. The molecule has 0 saturated carbocycles. The number of aromatic amines is 1. The minimum absolute atomic E-state index is 0.219. The predicted octanol–water partition coefficient (Wildman–Crippen LogP) is 1.32. The van der Waals surface area contributed by atoms with Gasteiger partial charge in [-0.3, -0.25) is 4.79 Å². The van der Waals surface area contributed by atoms with E-state index in [1.54, 1.807) is 23.3 Å². The largest absolute Gasteiger partial charge is 0.390 e. The Balaban J connectivity index is 1.87. The zero-order valence-corrected chi connectivity index (χ0v) is 13.5. The predicted molar refractivity (Wildman–Crippen MR) is 91.5 cm³/mol. The van der Waals surface area contributed by atoms with Gasteiger partial charge >= 0.3 is 0 Å². The van der Waals surface area contributed by atoms with E-state index in [1.165, 1.54) is 4.52 Å². The number of fused-ring (bicyclic) bond motifs is 1. The molecular weight excluding hydrogens is 320 g/mol. The van der Waals surface area contributed by atoms with Crippen LogP contribution in [0.1, 0.15) is 18.2 Å². The van der Waals surface area contributed by atoms with Gasteiger partial charge in [-0.1, -0.05) is 13.0 Å². The van der Waals surface area contributed by atoms with Crippen molar-refractivity contribution >= 4 is 5.65 Å². The quantitative estimate of drug-likeness (QED) is 0.585. The van der Waals surface area contributed by atoms with Crippen molar-refractivity contribution in [3.05, 3.63) is 64.6 Å². The molecule has 0 amide bonds. The Bertz CT molecular complexity index is 1090. The molecule has 0 fully saturated rings. The van der Waals surface area contributed by atoms with Gasteiger partial charge in [-0.05, 0) is 18.6 Å². The summed E-state index contributed by atoms with van der Waals surface area (Å²) < 4.78 is 2.98. The second kappa shape index (κ2) is 5.99. The summed E-state index contributed by atoms with van der Waals surface area (Å²) in [6, 6.07) is 5.58. The maximum Gasteiger partial charge on any atom is 0.277 e. The van der Waals surface area contributed by atoms with E-state index < -0.39 is 0 Å². The lowest BCUT2D eigenvalue weighted by molar-refractivity contribution is 0.275. The molecule has 0 spiro atoms. The van der Waals surface area contributed by atoms with Crippen LogP contribution in [-0.2, 0) is 13.0 Å². The summed E-state index contributed by atoms with van der Waals surface area (Å²) in [6.45, 7) is 1.64. The first-order valence-corrected chi connectivity index (χ1v) is 7.92. The molecule has 4 rings (SSSR count). The van der Waals surface area contributed by atoms with Crippen LogP contribution >= 0.6 is 0 Å². The van der Waals surface area contributed by atoms with Crippen LogP contribution < -0.4 is 5.56 Å². The summed E-state index contributed by atoms with van der Waals surface area (Å²) in [5, 5.41) is 18.1. The number of aliphatic hydroxyl groups is 1. The van der Waals surface area contributed by atoms with Crippen LogP contribution in [0.25, 0.3) is 22.6 Å². The summed E-state index contributed by atoms with van der Waals surface area (Å²) in [5.74, 6) is 0.697. The van der Waals surface area contributed by atoms with Gasteiger partial charge < -0.3 is 10.1 Å². The lowest BCUT2D eigenvalue weighted by Gasteiger charge is -2.06. The Morgan fingerprint density at radius 3 is 2.84 bits per heavy atom. The van der Waals surface area contributed by atoms with Gasteiger partial charge in [0, 0.05) is 29.1 Å². The molecule has 126 valence electrons. The molecule has 4 heterocycles. The first-order chi connectivity index (χ1) is 12.2. The summed E-state index contributed by atoms with van der Waals surface area (Å²) in [6.07, 6.45) is 7.35. The molecule has 0 unspecified atom stereocenters. The number of nitrogens with zero attached hydrogens (tertiary/aromatic N) is 5. The Morgan fingerprint density at radius 1 is 1.24 bits per heavy atom. The number of H-pyrrole nitrogens is 1. The molecule has 4 aromatic heterocycles. The van der Waals surface area contributed by atoms with E-state index >= 15 is 0 Å². The Kier molecular flexibility index (Phi) is 3.66. The minimum Gasteiger partial charge on any atom is -0.390 e. The first-order valence-electron chi connectivity index (χ1n) is 7.92. The Hall–Kier alpha value is -3.26. The third-order valence-corrected chi connectivity index (χ3v) is 4.14. The van der Waals surface area contributed by atoms with Gasteiger partial charge in [-0.2, -0.15) is 14.7 Å². The fourth-order valence-corrected chi connectivity index (χ4v) is 2.89. The highest BCUT2D eigenvalue weighted by molar-refractivity contribution is 5.76. The smallest absolute Gasteiger partial charge is 0.277 e. The highest BCUT2D eigenvalue weighted by atomic mass is 16.3. The number of hydrogen-bond acceptors (Lipinski definition) is 5. The monoisotopic (exact) mass is 336 g/mol. The van der Waals surface area contributed by atoms with Crippen LogP contribution in [-0.4, -0.2) is 34.5 Å². The minimum atomic E-state index is -0.229. The van der Waals surface area contributed by atoms with Gasteiger partial charge in [-0.25, -0.2) is 9.67 Å². The molecule has 8 nitrogen and oxygen atoms in total. The second-order valence-corrected chi connectivity index (χ2v) is 5.58. The van der Waals surface area contributed by atoms with E-state index in [4.69, 9.17) is 0 Å². The van der Waals surface area contributed by atoms with E-state index in [1.807, 2.05) is 31.3 Å². The molecule has 8 heteroatoms. The summed E-state index contributed by atoms with van der Waals surface area (Å²) in [4.78, 5) is 19.9. The van der Waals surface area contributed by atoms with E-state index in [9.17, 15) is 9.90 Å². The fourth-order valence-electron chi connectivity index (χ4n) is 2.89. The third kappa shape index (κ3) is 2.43. The molecule has 0 saturated heterocycles. The Morgan fingerprint density at radius 2 is 2.12 bits per heavy atom. The van der Waals surface area contributed by atoms with Crippen LogP contribution in [0.4, 0.5) is 0 Å². The average molecular weight is 336 g/mol. The van der Waals surface area contributed by atoms with Crippen LogP contribution in [0.2, 0.25) is 0 Å². The van der Waals surface area contributed by atoms with Crippen LogP contribution in [0, 0.1) is 0 Å². The highest BCUT2D eigenvalue weighted by Crippen LogP contribution is 2.23. The van der Waals surface area contributed by atoms with Crippen molar-refractivity contribution in [2.75, 3.05) is 0 Å². The normalized spacial score (nSPS) is 11.3. The molecule has 25 heavy (non-hydrogen) atoms. The number of pyridine rings is 1. The standard InChI is InChI=1S/C17H16N6O2/c1-2-12-14(10-24)21-16-13(8-20-23(16)17(12)25)11-7-19-22(9-11)15-5-3-4-6-18-15/h3-9,21,24H,2,10H2,1H3. The second-order valence-electron chi connectivity index (χ2n) is 5.58. The Labute approximate surface area is 142 Å². The SMILES string of the molecule is CCc1c(CO)[nH]c2c(-c3cnn(-c4ccccn4)c3)cnn2c1=O. The van der Waals surface area contributed by atoms with Gasteiger partial charge in [0.25, 0.3) is 5.56 Å². The molecule has 0 bridgehead atoms. The van der Waals surface area contributed by atoms with E-state index in [0.717, 1.165) is 11.1 Å². The zero-order chi connectivity index (χ0) is 17.4. The lowest BCUT2D eigenvalue weighted by Crippen LogP contribution is -2.22. The van der Waals surface area contributed by atoms with Crippen LogP contribution in [0.3, 0.4) is 0 Å². The van der Waals surface area contributed by atoms with E-state index in [2.05, 4.69) is 20.2 Å². The lowest BCUT2D eigenvalue weighted by atomic mass is 10.1. The molecule has 0 aliphatic rings. The van der Waals surface area contributed by atoms with Gasteiger partial charge in [0.2, 0.25) is 0 Å². The number of rotatable bonds is 4. The summed E-state index contributed by atoms with van der Waals surface area (Å²) in [7, 11) is 0. The zero-order valence-electron chi connectivity index (χ0n) is 13.5. The van der Waals surface area contributed by atoms with Crippen molar-refractivity contribution in [1.82, 2.24) is 29.4 Å². The first kappa shape index (κ1) is 15.3. The van der Waals surface area contributed by atoms with Gasteiger partial charge in [0.15, 0.2) is 5.82 Å². The van der Waals surface area contributed by atoms with Crippen molar-refractivity contribution < 1.29 is 5.11 Å². The molecule has 0 radical (unpaired) electrons. The summed E-state index contributed by atoms with van der Waals surface area (Å²) in [5.41, 5.74) is 2.89. The van der Waals surface area contributed by atoms with Crippen molar-refractivity contribution in [1.29, 1.82) is 0 Å². The molecular formula is C17H16N6O2. The molecule has 4 aromatic rings. The van der Waals surface area contributed by atoms with E-state index in [-0.39, 0.29) is 12.2 Å². The number of nitrogens with one attached hydrogen (secondary N) is 1. The maximum atomic E-state index is 12.5. The molecule has 0 aliphatic carbocycles. The molecule has 0 atom stereocenters. The van der Waals surface area contributed by atoms with E-state index in [0.29, 0.717) is 29.1 Å². The summed E-state index contributed by atoms with van der Waals surface area (Å²) >= 11 is 0. The molecule has 2 N–H and O–H groups in total. The average Bonchev–Trinajstić information content (AvgIpc) is 3.29. The molecule has 0 aliphatic heterocycles. The fraction of sp³-hybridized carbons (Fsp3) is 0.176. The van der Waals surface area contributed by atoms with Crippen LogP contribution in [0.5, 0.6) is 0 Å². The molecule has 0 aromatic carbocycles. The van der Waals surface area contributed by atoms with Gasteiger partial charge in [0.05, 0.1) is 24.7 Å². The highest BCUT2D eigenvalue weighted by Gasteiger charge is 2.16.